The predicted molar refractivity (Wildman–Crippen MR) is 121 cm³/mol. The van der Waals surface area contributed by atoms with Crippen molar-refractivity contribution < 1.29 is 14.3 Å². The number of ether oxygens (including phenoxy) is 2. The number of piperidine rings is 1. The Balaban J connectivity index is 1.66. The molecule has 0 radical (unpaired) electrons. The van der Waals surface area contributed by atoms with E-state index in [1.165, 1.54) is 0 Å². The van der Waals surface area contributed by atoms with Gasteiger partial charge in [0, 0.05) is 44.2 Å². The highest BCUT2D eigenvalue weighted by Crippen LogP contribution is 2.18. The molecule has 1 aromatic rings. The molecule has 1 aliphatic heterocycles. The largest absolute Gasteiger partial charge is 0.496 e. The van der Waals surface area contributed by atoms with Gasteiger partial charge in [-0.3, -0.25) is 9.79 Å². The van der Waals surface area contributed by atoms with Crippen molar-refractivity contribution >= 4 is 11.9 Å². The summed E-state index contributed by atoms with van der Waals surface area (Å²) >= 11 is 0. The number of rotatable bonds is 10. The van der Waals surface area contributed by atoms with Gasteiger partial charge < -0.3 is 25.0 Å². The highest BCUT2D eigenvalue weighted by Gasteiger charge is 2.26. The topological polar surface area (TPSA) is 75.2 Å². The molecule has 2 rings (SSSR count). The van der Waals surface area contributed by atoms with Gasteiger partial charge in [0.25, 0.3) is 0 Å². The van der Waals surface area contributed by atoms with Gasteiger partial charge in [-0.15, -0.1) is 0 Å². The first kappa shape index (κ1) is 24.0. The number of guanidine groups is 1. The van der Waals surface area contributed by atoms with Crippen LogP contribution in [-0.4, -0.2) is 63.2 Å². The summed E-state index contributed by atoms with van der Waals surface area (Å²) in [6.45, 7) is 7.56. The highest BCUT2D eigenvalue weighted by atomic mass is 16.5. The van der Waals surface area contributed by atoms with Crippen molar-refractivity contribution in [3.8, 4) is 5.75 Å². The minimum Gasteiger partial charge on any atom is -0.496 e. The van der Waals surface area contributed by atoms with Crippen LogP contribution in [0.5, 0.6) is 5.75 Å². The molecule has 1 aromatic carbocycles. The molecule has 168 valence electrons. The van der Waals surface area contributed by atoms with Gasteiger partial charge in [-0.25, -0.2) is 0 Å². The fraction of sp³-hybridized carbons (Fsp3) is 0.652. The van der Waals surface area contributed by atoms with Crippen LogP contribution in [0.25, 0.3) is 0 Å². The Morgan fingerprint density at radius 3 is 2.57 bits per heavy atom. The first-order valence-corrected chi connectivity index (χ1v) is 11.1. The maximum atomic E-state index is 12.5. The van der Waals surface area contributed by atoms with E-state index in [-0.39, 0.29) is 5.92 Å². The molecule has 0 saturated carbocycles. The number of carbonyl (C=O) groups is 1. The molecule has 1 fully saturated rings. The van der Waals surface area contributed by atoms with E-state index >= 15 is 0 Å². The molecule has 7 nitrogen and oxygen atoms in total. The van der Waals surface area contributed by atoms with Crippen LogP contribution in [-0.2, 0) is 16.1 Å². The summed E-state index contributed by atoms with van der Waals surface area (Å²) in [7, 11) is 3.44. The number of nitrogens with zero attached hydrogens (tertiary/aromatic N) is 2. The normalized spacial score (nSPS) is 15.4. The lowest BCUT2D eigenvalue weighted by Crippen LogP contribution is -2.51. The van der Waals surface area contributed by atoms with Crippen LogP contribution in [0.4, 0.5) is 0 Å². The molecule has 1 aliphatic rings. The number of nitrogens with one attached hydrogen (secondary N) is 2. The highest BCUT2D eigenvalue weighted by molar-refractivity contribution is 5.80. The fourth-order valence-electron chi connectivity index (χ4n) is 3.77. The minimum absolute atomic E-state index is 0.166. The van der Waals surface area contributed by atoms with Crippen molar-refractivity contribution in [2.24, 2.45) is 10.9 Å². The van der Waals surface area contributed by atoms with Crippen molar-refractivity contribution in [1.29, 1.82) is 0 Å². The first-order valence-electron chi connectivity index (χ1n) is 11.1. The zero-order chi connectivity index (χ0) is 21.8. The Morgan fingerprint density at radius 2 is 1.93 bits per heavy atom. The molecule has 0 aliphatic carbocycles. The van der Waals surface area contributed by atoms with Crippen LogP contribution in [0.3, 0.4) is 0 Å². The number of amides is 1. The Hall–Kier alpha value is -2.28. The molecule has 1 saturated heterocycles. The lowest BCUT2D eigenvalue weighted by molar-refractivity contribution is -0.136. The second-order valence-corrected chi connectivity index (χ2v) is 7.62. The summed E-state index contributed by atoms with van der Waals surface area (Å²) in [5.74, 6) is 2.10. The molecule has 1 amide bonds. The second-order valence-electron chi connectivity index (χ2n) is 7.62. The first-order chi connectivity index (χ1) is 14.6. The van der Waals surface area contributed by atoms with Crippen LogP contribution < -0.4 is 15.4 Å². The SMILES string of the molecule is CCC(CC)C(=O)N1CCC(NC(=NC)NCCOCc2ccccc2OC)CC1. The van der Waals surface area contributed by atoms with Crippen molar-refractivity contribution in [3.63, 3.8) is 0 Å². The van der Waals surface area contributed by atoms with Crippen molar-refractivity contribution in [2.45, 2.75) is 52.2 Å². The van der Waals surface area contributed by atoms with Crippen molar-refractivity contribution in [1.82, 2.24) is 15.5 Å². The Kier molecular flexibility index (Phi) is 10.5. The third-order valence-electron chi connectivity index (χ3n) is 5.69. The van der Waals surface area contributed by atoms with Crippen LogP contribution in [0.15, 0.2) is 29.3 Å². The molecule has 0 aromatic heterocycles. The second kappa shape index (κ2) is 13.1. The third-order valence-corrected chi connectivity index (χ3v) is 5.69. The number of carbonyl (C=O) groups excluding carboxylic acids is 1. The van der Waals surface area contributed by atoms with Crippen LogP contribution in [0, 0.1) is 5.92 Å². The summed E-state index contributed by atoms with van der Waals surface area (Å²) in [6, 6.07) is 8.20. The molecule has 0 atom stereocenters. The summed E-state index contributed by atoms with van der Waals surface area (Å²) in [6.07, 6.45) is 3.72. The standard InChI is InChI=1S/C23H38N4O3/c1-5-18(6-2)22(28)27-14-11-20(12-15-27)26-23(24-3)25-13-16-30-17-19-9-7-8-10-21(19)29-4/h7-10,18,20H,5-6,11-17H2,1-4H3,(H2,24,25,26). The Bertz CT molecular complexity index is 668. The van der Waals surface area contributed by atoms with Crippen LogP contribution in [0.1, 0.15) is 45.1 Å². The van der Waals surface area contributed by atoms with Gasteiger partial charge >= 0.3 is 0 Å². The summed E-state index contributed by atoms with van der Waals surface area (Å²) < 4.78 is 11.1. The summed E-state index contributed by atoms with van der Waals surface area (Å²) in [5.41, 5.74) is 1.04. The lowest BCUT2D eigenvalue weighted by Gasteiger charge is -2.34. The molecule has 0 spiro atoms. The number of methoxy groups -OCH3 is 1. The molecular formula is C23H38N4O3. The van der Waals surface area contributed by atoms with Gasteiger partial charge in [-0.2, -0.15) is 0 Å². The monoisotopic (exact) mass is 418 g/mol. The number of benzene rings is 1. The zero-order valence-electron chi connectivity index (χ0n) is 18.9. The maximum absolute atomic E-state index is 12.5. The fourth-order valence-corrected chi connectivity index (χ4v) is 3.77. The average Bonchev–Trinajstić information content (AvgIpc) is 2.79. The van der Waals surface area contributed by atoms with E-state index in [1.54, 1.807) is 14.2 Å². The molecular weight excluding hydrogens is 380 g/mol. The molecule has 1 heterocycles. The molecule has 7 heteroatoms. The number of likely N-dealkylation sites (tertiary alicyclic amines) is 1. The molecule has 2 N–H and O–H groups in total. The number of hydrogen-bond acceptors (Lipinski definition) is 4. The van der Waals surface area contributed by atoms with E-state index in [0.29, 0.717) is 31.7 Å². The number of para-hydroxylation sites is 1. The van der Waals surface area contributed by atoms with E-state index in [1.807, 2.05) is 29.2 Å². The zero-order valence-corrected chi connectivity index (χ0v) is 18.9. The van der Waals surface area contributed by atoms with Gasteiger partial charge in [-0.1, -0.05) is 32.0 Å². The average molecular weight is 419 g/mol. The molecule has 0 bridgehead atoms. The maximum Gasteiger partial charge on any atom is 0.225 e. The summed E-state index contributed by atoms with van der Waals surface area (Å²) in [5, 5.41) is 6.78. The Morgan fingerprint density at radius 1 is 1.23 bits per heavy atom. The summed E-state index contributed by atoms with van der Waals surface area (Å²) in [4.78, 5) is 18.9. The van der Waals surface area contributed by atoms with E-state index < -0.39 is 0 Å². The molecule has 30 heavy (non-hydrogen) atoms. The van der Waals surface area contributed by atoms with Gasteiger partial charge in [0.1, 0.15) is 5.75 Å². The van der Waals surface area contributed by atoms with E-state index in [9.17, 15) is 4.79 Å². The third kappa shape index (κ3) is 7.20. The Labute approximate surface area is 181 Å². The van der Waals surface area contributed by atoms with Crippen LogP contribution in [0.2, 0.25) is 0 Å². The minimum atomic E-state index is 0.166. The molecule has 0 unspecified atom stereocenters. The quantitative estimate of drug-likeness (QED) is 0.347. The van der Waals surface area contributed by atoms with Crippen molar-refractivity contribution in [3.05, 3.63) is 29.8 Å². The van der Waals surface area contributed by atoms with Crippen molar-refractivity contribution in [2.75, 3.05) is 40.4 Å². The van der Waals surface area contributed by atoms with Gasteiger partial charge in [-0.05, 0) is 31.7 Å². The number of hydrogen-bond donors (Lipinski definition) is 2. The van der Waals surface area contributed by atoms with Gasteiger partial charge in [0.05, 0.1) is 20.3 Å². The lowest BCUT2D eigenvalue weighted by atomic mass is 9.98. The van der Waals surface area contributed by atoms with Gasteiger partial charge in [0.2, 0.25) is 5.91 Å². The van der Waals surface area contributed by atoms with Crippen LogP contribution >= 0.6 is 0 Å². The van der Waals surface area contributed by atoms with Gasteiger partial charge in [0.15, 0.2) is 5.96 Å². The smallest absolute Gasteiger partial charge is 0.225 e. The van der Waals surface area contributed by atoms with E-state index in [2.05, 4.69) is 29.5 Å². The predicted octanol–water partition coefficient (Wildman–Crippen LogP) is 2.80. The van der Waals surface area contributed by atoms with E-state index in [4.69, 9.17) is 9.47 Å². The van der Waals surface area contributed by atoms with E-state index in [0.717, 1.165) is 56.0 Å². The number of aliphatic imine (C=N–C) groups is 1.